The van der Waals surface area contributed by atoms with E-state index in [0.717, 1.165) is 17.9 Å². The SMILES string of the molecule is CC(C)CC1(C(Br)Cc2nc3ccccc3s2)CCCC1. The molecule has 114 valence electrons. The third-order valence-electron chi connectivity index (χ3n) is 4.77. The van der Waals surface area contributed by atoms with Gasteiger partial charge in [0.2, 0.25) is 0 Å². The summed E-state index contributed by atoms with van der Waals surface area (Å²) in [5.74, 6) is 0.776. The van der Waals surface area contributed by atoms with E-state index in [2.05, 4.69) is 54.0 Å². The van der Waals surface area contributed by atoms with Crippen molar-refractivity contribution in [2.75, 3.05) is 0 Å². The van der Waals surface area contributed by atoms with Crippen LogP contribution in [0, 0.1) is 11.3 Å². The van der Waals surface area contributed by atoms with Crippen molar-refractivity contribution in [3.8, 4) is 0 Å². The fourth-order valence-corrected chi connectivity index (χ4v) is 6.09. The van der Waals surface area contributed by atoms with Gasteiger partial charge in [-0.25, -0.2) is 4.98 Å². The summed E-state index contributed by atoms with van der Waals surface area (Å²) in [5.41, 5.74) is 1.65. The molecule has 1 heterocycles. The number of hydrogen-bond acceptors (Lipinski definition) is 2. The Morgan fingerprint density at radius 1 is 1.24 bits per heavy atom. The summed E-state index contributed by atoms with van der Waals surface area (Å²) in [5, 5.41) is 1.29. The lowest BCUT2D eigenvalue weighted by Gasteiger charge is -2.35. The Morgan fingerprint density at radius 3 is 2.62 bits per heavy atom. The number of hydrogen-bond donors (Lipinski definition) is 0. The summed E-state index contributed by atoms with van der Waals surface area (Å²) in [4.78, 5) is 5.39. The van der Waals surface area contributed by atoms with Crippen molar-refractivity contribution in [3.05, 3.63) is 29.3 Å². The summed E-state index contributed by atoms with van der Waals surface area (Å²) >= 11 is 5.91. The molecule has 1 aliphatic rings. The number of para-hydroxylation sites is 1. The first-order valence-electron chi connectivity index (χ1n) is 8.08. The maximum atomic E-state index is 4.82. The Bertz CT molecular complexity index is 565. The van der Waals surface area contributed by atoms with E-state index in [1.165, 1.54) is 41.8 Å². The highest BCUT2D eigenvalue weighted by atomic mass is 79.9. The molecule has 2 aromatic rings. The molecule has 0 spiro atoms. The summed E-state index contributed by atoms with van der Waals surface area (Å²) in [7, 11) is 0. The fraction of sp³-hybridized carbons (Fsp3) is 0.611. The average Bonchev–Trinajstić information content (AvgIpc) is 3.04. The van der Waals surface area contributed by atoms with Crippen molar-refractivity contribution in [3.63, 3.8) is 0 Å². The van der Waals surface area contributed by atoms with Crippen molar-refractivity contribution in [1.82, 2.24) is 4.98 Å². The van der Waals surface area contributed by atoms with Gasteiger partial charge >= 0.3 is 0 Å². The molecule has 0 amide bonds. The minimum absolute atomic E-state index is 0.492. The van der Waals surface area contributed by atoms with Gasteiger partial charge in [0.25, 0.3) is 0 Å². The van der Waals surface area contributed by atoms with Gasteiger partial charge in [0.05, 0.1) is 15.2 Å². The quantitative estimate of drug-likeness (QED) is 0.574. The van der Waals surface area contributed by atoms with Gasteiger partial charge in [0.15, 0.2) is 0 Å². The van der Waals surface area contributed by atoms with Gasteiger partial charge in [-0.05, 0) is 42.7 Å². The zero-order chi connectivity index (χ0) is 14.9. The highest BCUT2D eigenvalue weighted by molar-refractivity contribution is 9.09. The molecule has 1 aromatic carbocycles. The first-order chi connectivity index (χ1) is 10.1. The Kier molecular flexibility index (Phi) is 4.70. The number of nitrogens with zero attached hydrogens (tertiary/aromatic N) is 1. The molecule has 1 saturated carbocycles. The molecule has 0 aliphatic heterocycles. The van der Waals surface area contributed by atoms with Crippen molar-refractivity contribution in [2.45, 2.75) is 57.2 Å². The van der Waals surface area contributed by atoms with E-state index >= 15 is 0 Å². The molecular weight excluding hydrogens is 342 g/mol. The number of alkyl halides is 1. The molecule has 3 heteroatoms. The molecule has 1 aromatic heterocycles. The van der Waals surface area contributed by atoms with Crippen molar-refractivity contribution in [2.24, 2.45) is 11.3 Å². The van der Waals surface area contributed by atoms with Crippen LogP contribution in [0.5, 0.6) is 0 Å². The van der Waals surface area contributed by atoms with Crippen molar-refractivity contribution >= 4 is 37.5 Å². The number of halogens is 1. The Labute approximate surface area is 140 Å². The molecule has 3 rings (SSSR count). The van der Waals surface area contributed by atoms with Crippen LogP contribution in [0.2, 0.25) is 0 Å². The lowest BCUT2D eigenvalue weighted by atomic mass is 9.75. The number of aromatic nitrogens is 1. The number of thiazole rings is 1. The third kappa shape index (κ3) is 3.34. The second kappa shape index (κ2) is 6.37. The first-order valence-corrected chi connectivity index (χ1v) is 9.81. The van der Waals surface area contributed by atoms with Gasteiger partial charge in [0, 0.05) is 11.2 Å². The molecule has 1 fully saturated rings. The van der Waals surface area contributed by atoms with Crippen LogP contribution in [0.15, 0.2) is 24.3 Å². The minimum Gasteiger partial charge on any atom is -0.241 e. The summed E-state index contributed by atoms with van der Waals surface area (Å²) in [6.07, 6.45) is 7.97. The average molecular weight is 366 g/mol. The highest BCUT2D eigenvalue weighted by Crippen LogP contribution is 2.49. The van der Waals surface area contributed by atoms with E-state index in [0.29, 0.717) is 10.2 Å². The largest absolute Gasteiger partial charge is 0.241 e. The van der Waals surface area contributed by atoms with Crippen LogP contribution in [-0.4, -0.2) is 9.81 Å². The van der Waals surface area contributed by atoms with Gasteiger partial charge in [-0.2, -0.15) is 0 Å². The van der Waals surface area contributed by atoms with Crippen LogP contribution in [-0.2, 0) is 6.42 Å². The molecule has 1 aliphatic carbocycles. The van der Waals surface area contributed by atoms with Crippen molar-refractivity contribution < 1.29 is 0 Å². The second-order valence-electron chi connectivity index (χ2n) is 6.91. The summed E-state index contributed by atoms with van der Waals surface area (Å²) in [6.45, 7) is 4.72. The summed E-state index contributed by atoms with van der Waals surface area (Å²) in [6, 6.07) is 8.49. The molecule has 1 unspecified atom stereocenters. The molecule has 0 bridgehead atoms. The van der Waals surface area contributed by atoms with E-state index in [9.17, 15) is 0 Å². The van der Waals surface area contributed by atoms with Gasteiger partial charge < -0.3 is 0 Å². The van der Waals surface area contributed by atoms with E-state index < -0.39 is 0 Å². The molecule has 0 radical (unpaired) electrons. The molecule has 0 N–H and O–H groups in total. The smallest absolute Gasteiger partial charge is 0.0949 e. The van der Waals surface area contributed by atoms with Gasteiger partial charge in [-0.3, -0.25) is 0 Å². The fourth-order valence-electron chi connectivity index (χ4n) is 3.91. The lowest BCUT2D eigenvalue weighted by molar-refractivity contribution is 0.228. The zero-order valence-corrected chi connectivity index (χ0v) is 15.3. The van der Waals surface area contributed by atoms with E-state index in [1.807, 2.05) is 11.3 Å². The minimum atomic E-state index is 0.492. The Hall–Kier alpha value is -0.410. The zero-order valence-electron chi connectivity index (χ0n) is 12.9. The number of benzene rings is 1. The van der Waals surface area contributed by atoms with E-state index in [-0.39, 0.29) is 0 Å². The van der Waals surface area contributed by atoms with Crippen LogP contribution >= 0.6 is 27.3 Å². The summed E-state index contributed by atoms with van der Waals surface area (Å²) < 4.78 is 1.32. The van der Waals surface area contributed by atoms with Crippen LogP contribution in [0.4, 0.5) is 0 Å². The maximum absolute atomic E-state index is 4.82. The normalized spacial score (nSPS) is 19.4. The lowest BCUT2D eigenvalue weighted by Crippen LogP contribution is -2.31. The standard InChI is InChI=1S/C18H24BrNS/c1-13(2)12-18(9-5-6-10-18)16(19)11-17-20-14-7-3-4-8-15(14)21-17/h3-4,7-8,13,16H,5-6,9-12H2,1-2H3. The molecule has 21 heavy (non-hydrogen) atoms. The first kappa shape index (κ1) is 15.5. The molecule has 1 atom stereocenters. The van der Waals surface area contributed by atoms with Crippen molar-refractivity contribution in [1.29, 1.82) is 0 Å². The van der Waals surface area contributed by atoms with Gasteiger partial charge in [0.1, 0.15) is 0 Å². The van der Waals surface area contributed by atoms with E-state index in [4.69, 9.17) is 4.98 Å². The van der Waals surface area contributed by atoms with Gasteiger partial charge in [-0.1, -0.05) is 54.8 Å². The predicted octanol–water partition coefficient (Wildman–Crippen LogP) is 6.21. The number of rotatable bonds is 5. The van der Waals surface area contributed by atoms with E-state index in [1.54, 1.807) is 0 Å². The van der Waals surface area contributed by atoms with Gasteiger partial charge in [-0.15, -0.1) is 11.3 Å². The third-order valence-corrected chi connectivity index (χ3v) is 7.12. The van der Waals surface area contributed by atoms with Crippen LogP contribution in [0.1, 0.15) is 51.0 Å². The highest BCUT2D eigenvalue weighted by Gasteiger charge is 2.40. The Balaban J connectivity index is 1.78. The Morgan fingerprint density at radius 2 is 1.95 bits per heavy atom. The monoisotopic (exact) mass is 365 g/mol. The predicted molar refractivity (Wildman–Crippen MR) is 96.4 cm³/mol. The molecule has 1 nitrogen and oxygen atoms in total. The molecule has 0 saturated heterocycles. The van der Waals surface area contributed by atoms with Crippen LogP contribution < -0.4 is 0 Å². The van der Waals surface area contributed by atoms with Crippen LogP contribution in [0.25, 0.3) is 10.2 Å². The maximum Gasteiger partial charge on any atom is 0.0949 e. The second-order valence-corrected chi connectivity index (χ2v) is 9.13. The topological polar surface area (TPSA) is 12.9 Å². The van der Waals surface area contributed by atoms with Crippen LogP contribution in [0.3, 0.4) is 0 Å². The molecular formula is C18H24BrNS. The number of fused-ring (bicyclic) bond motifs is 1.